The Morgan fingerprint density at radius 2 is 1.29 bits per heavy atom. The molecule has 0 aliphatic heterocycles. The molecule has 0 saturated heterocycles. The van der Waals surface area contributed by atoms with Crippen LogP contribution in [0, 0.1) is 12.8 Å². The molecule has 2 heterocycles. The van der Waals surface area contributed by atoms with Gasteiger partial charge in [-0.1, -0.05) is 146 Å². The fourth-order valence-corrected chi connectivity index (χ4v) is 8.27. The summed E-state index contributed by atoms with van der Waals surface area (Å²) < 4.78 is 2.28. The van der Waals surface area contributed by atoms with Gasteiger partial charge in [-0.25, -0.2) is 4.98 Å². The number of pyridine rings is 1. The molecule has 6 aromatic carbocycles. The highest BCUT2D eigenvalue weighted by Crippen LogP contribution is 2.44. The lowest BCUT2D eigenvalue weighted by Crippen LogP contribution is -2.12. The Labute approximate surface area is 350 Å². The molecule has 0 fully saturated rings. The summed E-state index contributed by atoms with van der Waals surface area (Å²) in [5, 5.41) is 12.2. The summed E-state index contributed by atoms with van der Waals surface area (Å²) in [5.41, 5.74) is 16.3. The molecule has 296 valence electrons. The maximum Gasteiger partial charge on any atom is 0.149 e. The number of benzene rings is 6. The average molecular weight is 774 g/mol. The number of imidazole rings is 1. The van der Waals surface area contributed by atoms with Crippen molar-refractivity contribution in [3.63, 3.8) is 0 Å². The van der Waals surface area contributed by atoms with Crippen LogP contribution in [-0.4, -0.2) is 19.6 Å². The van der Waals surface area contributed by atoms with Crippen LogP contribution < -0.4 is 0 Å². The monoisotopic (exact) mass is 773 g/mol. The zero-order chi connectivity index (χ0) is 41.6. The second kappa shape index (κ2) is 15.5. The third-order valence-electron chi connectivity index (χ3n) is 11.3. The minimum atomic E-state index is -0.282. The zero-order valence-corrected chi connectivity index (χ0v) is 35.9. The first-order valence-electron chi connectivity index (χ1n) is 20.9. The molecule has 8 aromatic rings. The van der Waals surface area contributed by atoms with E-state index in [1.165, 1.54) is 11.1 Å². The van der Waals surface area contributed by atoms with Gasteiger partial charge in [-0.05, 0) is 118 Å². The van der Waals surface area contributed by atoms with Crippen LogP contribution >= 0.6 is 0 Å². The van der Waals surface area contributed by atoms with Crippen molar-refractivity contribution in [3.05, 3.63) is 168 Å². The number of fused-ring (bicyclic) bond motifs is 1. The van der Waals surface area contributed by atoms with Crippen LogP contribution in [0.4, 0.5) is 0 Å². The quantitative estimate of drug-likeness (QED) is 0.167. The molecule has 0 radical (unpaired) electrons. The highest BCUT2D eigenvalue weighted by Gasteiger charge is 2.27. The summed E-state index contributed by atoms with van der Waals surface area (Å²) >= 11 is 0. The Morgan fingerprint density at radius 3 is 1.97 bits per heavy atom. The number of aromatic hydroxyl groups is 1. The fourth-order valence-electron chi connectivity index (χ4n) is 8.27. The van der Waals surface area contributed by atoms with Crippen molar-refractivity contribution in [2.24, 2.45) is 5.92 Å². The molecule has 59 heavy (non-hydrogen) atoms. The Kier molecular flexibility index (Phi) is 10.4. The van der Waals surface area contributed by atoms with Crippen LogP contribution in [-0.2, 0) is 17.3 Å². The third kappa shape index (κ3) is 7.97. The zero-order valence-electron chi connectivity index (χ0n) is 35.9. The second-order valence-corrected chi connectivity index (χ2v) is 18.6. The molecular weight excluding hydrogens is 719 g/mol. The molecular formula is C55H55N3O. The summed E-state index contributed by atoms with van der Waals surface area (Å²) in [6.07, 6.45) is 2.89. The molecule has 0 atom stereocenters. The van der Waals surface area contributed by atoms with E-state index in [1.807, 2.05) is 12.3 Å². The molecule has 0 amide bonds. The van der Waals surface area contributed by atoms with E-state index in [2.05, 4.69) is 200 Å². The van der Waals surface area contributed by atoms with Crippen molar-refractivity contribution in [1.82, 2.24) is 14.5 Å². The molecule has 0 unspecified atom stereocenters. The van der Waals surface area contributed by atoms with Crippen molar-refractivity contribution in [2.75, 3.05) is 0 Å². The van der Waals surface area contributed by atoms with Gasteiger partial charge in [0, 0.05) is 28.5 Å². The molecule has 0 saturated carbocycles. The number of phenolic OH excluding ortho intramolecular Hbond substituents is 1. The normalized spacial score (nSPS) is 12.1. The van der Waals surface area contributed by atoms with Gasteiger partial charge in [0.1, 0.15) is 11.6 Å². The van der Waals surface area contributed by atoms with E-state index >= 15 is 0 Å². The number of para-hydroxylation sites is 1. The predicted molar refractivity (Wildman–Crippen MR) is 248 cm³/mol. The van der Waals surface area contributed by atoms with Gasteiger partial charge in [0.05, 0.1) is 28.0 Å². The van der Waals surface area contributed by atoms with E-state index in [0.29, 0.717) is 17.3 Å². The molecule has 0 aliphatic rings. The molecule has 0 aliphatic carbocycles. The number of phenols is 1. The topological polar surface area (TPSA) is 50.9 Å². The Hall–Kier alpha value is -6.26. The maximum atomic E-state index is 12.2. The summed E-state index contributed by atoms with van der Waals surface area (Å²) in [7, 11) is 0. The van der Waals surface area contributed by atoms with Crippen molar-refractivity contribution < 1.29 is 5.11 Å². The van der Waals surface area contributed by atoms with Crippen LogP contribution in [0.2, 0.25) is 0 Å². The first-order valence-corrected chi connectivity index (χ1v) is 20.9. The number of rotatable bonds is 8. The molecule has 2 aromatic heterocycles. The molecule has 0 spiro atoms. The van der Waals surface area contributed by atoms with Gasteiger partial charge in [0.2, 0.25) is 0 Å². The number of hydrogen-bond donors (Lipinski definition) is 1. The van der Waals surface area contributed by atoms with Crippen molar-refractivity contribution in [1.29, 1.82) is 0 Å². The third-order valence-corrected chi connectivity index (χ3v) is 11.3. The lowest BCUT2D eigenvalue weighted by molar-refractivity contribution is 0.448. The van der Waals surface area contributed by atoms with Gasteiger partial charge in [-0.3, -0.25) is 9.55 Å². The largest absolute Gasteiger partial charge is 0.507 e. The first kappa shape index (κ1) is 39.6. The lowest BCUT2D eigenvalue weighted by atomic mass is 9.83. The van der Waals surface area contributed by atoms with E-state index in [0.717, 1.165) is 78.9 Å². The van der Waals surface area contributed by atoms with Crippen molar-refractivity contribution in [3.8, 4) is 67.5 Å². The Balaban J connectivity index is 1.43. The summed E-state index contributed by atoms with van der Waals surface area (Å²) in [6.45, 7) is 19.9. The van der Waals surface area contributed by atoms with Gasteiger partial charge in [-0.2, -0.15) is 0 Å². The minimum Gasteiger partial charge on any atom is -0.507 e. The van der Waals surface area contributed by atoms with Crippen LogP contribution in [0.3, 0.4) is 0 Å². The average Bonchev–Trinajstić information content (AvgIpc) is 3.60. The molecule has 1 N–H and O–H groups in total. The highest BCUT2D eigenvalue weighted by molar-refractivity contribution is 5.98. The molecule has 4 heteroatoms. The summed E-state index contributed by atoms with van der Waals surface area (Å²) in [6, 6.07) is 49.8. The molecule has 8 rings (SSSR count). The maximum absolute atomic E-state index is 12.2. The highest BCUT2D eigenvalue weighted by atomic mass is 16.3. The van der Waals surface area contributed by atoms with Crippen LogP contribution in [0.25, 0.3) is 72.7 Å². The second-order valence-electron chi connectivity index (χ2n) is 18.6. The summed E-state index contributed by atoms with van der Waals surface area (Å²) in [4.78, 5) is 10.5. The number of aromatic nitrogens is 3. The van der Waals surface area contributed by atoms with Crippen molar-refractivity contribution in [2.45, 2.75) is 79.6 Å². The predicted octanol–water partition coefficient (Wildman–Crippen LogP) is 14.6. The Morgan fingerprint density at radius 1 is 0.593 bits per heavy atom. The minimum absolute atomic E-state index is 0.126. The van der Waals surface area contributed by atoms with Crippen molar-refractivity contribution >= 4 is 11.0 Å². The number of aryl methyl sites for hydroxylation is 1. The first-order chi connectivity index (χ1) is 28.2. The number of hydrogen-bond acceptors (Lipinski definition) is 3. The standard InChI is InChI=1S/C55H55N3O/c1-35(2)27-37-23-24-49(45(30-37)39-19-14-11-15-20-39)58-50-22-16-21-44(51(50)57-53(58)46-28-36(3)29-47(52(46)59)55(7,8)9)41-31-42(33-43(32-41)54(4,5)6)48-34-40(25-26-56-48)38-17-12-10-13-18-38/h10-26,28-35,59H,27H2,1-9H3. The van der Waals surface area contributed by atoms with Crippen LogP contribution in [0.15, 0.2) is 146 Å². The smallest absolute Gasteiger partial charge is 0.149 e. The van der Waals surface area contributed by atoms with E-state index < -0.39 is 0 Å². The fraction of sp³-hybridized carbons (Fsp3) is 0.236. The van der Waals surface area contributed by atoms with Gasteiger partial charge in [0.15, 0.2) is 0 Å². The van der Waals surface area contributed by atoms with Crippen LogP contribution in [0.5, 0.6) is 5.75 Å². The molecule has 0 bridgehead atoms. The summed E-state index contributed by atoms with van der Waals surface area (Å²) in [5.74, 6) is 1.49. The lowest BCUT2D eigenvalue weighted by Gasteiger charge is -2.23. The number of nitrogens with zero attached hydrogens (tertiary/aromatic N) is 3. The van der Waals surface area contributed by atoms with Gasteiger partial charge in [0.25, 0.3) is 0 Å². The van der Waals surface area contributed by atoms with Gasteiger partial charge in [-0.15, -0.1) is 0 Å². The molecule has 4 nitrogen and oxygen atoms in total. The van der Waals surface area contributed by atoms with Crippen LogP contribution in [0.1, 0.15) is 77.6 Å². The van der Waals surface area contributed by atoms with Gasteiger partial charge < -0.3 is 5.11 Å². The Bertz CT molecular complexity index is 2800. The van der Waals surface area contributed by atoms with Gasteiger partial charge >= 0.3 is 0 Å². The van der Waals surface area contributed by atoms with E-state index in [9.17, 15) is 5.11 Å². The SMILES string of the molecule is Cc1cc(-c2nc3c(-c4cc(-c5cc(-c6ccccc6)ccn5)cc(C(C)(C)C)c4)cccc3n2-c2ccc(CC(C)C)cc2-c2ccccc2)c(O)c(C(C)(C)C)c1. The van der Waals surface area contributed by atoms with E-state index in [4.69, 9.17) is 9.97 Å². The van der Waals surface area contributed by atoms with E-state index in [-0.39, 0.29) is 16.6 Å². The van der Waals surface area contributed by atoms with E-state index in [1.54, 1.807) is 0 Å².